The molecule has 1 fully saturated rings. The molecule has 16 nitrogen and oxygen atoms in total. The predicted octanol–water partition coefficient (Wildman–Crippen LogP) is 2.98. The lowest BCUT2D eigenvalue weighted by atomic mass is 10.1. The molecule has 1 aliphatic heterocycles. The molecule has 0 aliphatic carbocycles. The van der Waals surface area contributed by atoms with Crippen molar-refractivity contribution in [2.24, 2.45) is 0 Å². The van der Waals surface area contributed by atoms with Crippen LogP contribution in [0.4, 0.5) is 17.7 Å². The van der Waals surface area contributed by atoms with E-state index in [-0.39, 0.29) is 11.7 Å². The molecule has 1 amide bonds. The van der Waals surface area contributed by atoms with Crippen LogP contribution in [0.2, 0.25) is 0 Å². The number of rotatable bonds is 13. The number of amides is 1. The van der Waals surface area contributed by atoms with Crippen LogP contribution in [0.25, 0.3) is 33.3 Å². The number of aromatic nitrogens is 10. The van der Waals surface area contributed by atoms with Gasteiger partial charge >= 0.3 is 0 Å². The van der Waals surface area contributed by atoms with Gasteiger partial charge in [0.2, 0.25) is 11.9 Å². The largest absolute Gasteiger partial charge is 0.383 e. The molecule has 50 heavy (non-hydrogen) atoms. The Kier molecular flexibility index (Phi) is 9.48. The molecular weight excluding hydrogens is 636 g/mol. The SMILES string of the molecule is CCC(=O)CCc1cnc(N2CCN(c3ncc(C(=O)NCCCCn4nc(-c5cnc6[nH]ccc6c5)c5c(N)ncnc54)cn3)CC2)nc1. The smallest absolute Gasteiger partial charge is 0.254 e. The quantitative estimate of drug-likeness (QED) is 0.151. The standard InChI is InChI=1S/C34H38N14O2/c1-2-26(49)6-5-22-16-39-33(40-17-22)46-11-13-47(14-12-46)34-41-19-25(20-42-34)32(50)37-8-3-4-10-48-31-27(29(35)43-21-44-31)28(45-48)24-15-23-7-9-36-30(23)38-18-24/h7,9,15-21H,2-6,8,10-14H2,1H3,(H,36,38)(H,37,50)(H2,35,43,44). The summed E-state index contributed by atoms with van der Waals surface area (Å²) < 4.78 is 1.83. The van der Waals surface area contributed by atoms with Crippen LogP contribution in [0.1, 0.15) is 48.5 Å². The highest BCUT2D eigenvalue weighted by atomic mass is 16.1. The third kappa shape index (κ3) is 7.04. The van der Waals surface area contributed by atoms with E-state index >= 15 is 0 Å². The van der Waals surface area contributed by atoms with Crippen LogP contribution < -0.4 is 20.9 Å². The number of hydrogen-bond donors (Lipinski definition) is 3. The van der Waals surface area contributed by atoms with E-state index in [2.05, 4.69) is 55.0 Å². The van der Waals surface area contributed by atoms with Gasteiger partial charge in [0, 0.05) is 100 Å². The maximum Gasteiger partial charge on any atom is 0.254 e. The van der Waals surface area contributed by atoms with Gasteiger partial charge in [-0.05, 0) is 37.0 Å². The van der Waals surface area contributed by atoms with Gasteiger partial charge in [-0.3, -0.25) is 9.59 Å². The molecule has 0 aromatic carbocycles. The number of carbonyl (C=O) groups excluding carboxylic acids is 2. The van der Waals surface area contributed by atoms with Gasteiger partial charge in [0.05, 0.1) is 10.9 Å². The van der Waals surface area contributed by atoms with E-state index in [1.165, 1.54) is 6.33 Å². The van der Waals surface area contributed by atoms with Crippen molar-refractivity contribution < 1.29 is 9.59 Å². The first-order valence-electron chi connectivity index (χ1n) is 16.8. The molecule has 0 spiro atoms. The predicted molar refractivity (Wildman–Crippen MR) is 188 cm³/mol. The van der Waals surface area contributed by atoms with Gasteiger partial charge in [-0.15, -0.1) is 0 Å². The Morgan fingerprint density at radius 1 is 0.900 bits per heavy atom. The lowest BCUT2D eigenvalue weighted by Crippen LogP contribution is -2.47. The van der Waals surface area contributed by atoms with Crippen LogP contribution in [-0.2, 0) is 17.8 Å². The zero-order valence-electron chi connectivity index (χ0n) is 27.8. The van der Waals surface area contributed by atoms with Gasteiger partial charge in [0.1, 0.15) is 29.3 Å². The average molecular weight is 675 g/mol. The van der Waals surface area contributed by atoms with Crippen molar-refractivity contribution in [1.82, 2.24) is 55.0 Å². The summed E-state index contributed by atoms with van der Waals surface area (Å²) in [6.07, 6.45) is 15.0. The highest BCUT2D eigenvalue weighted by molar-refractivity contribution is 5.99. The number of nitrogen functional groups attached to an aromatic ring is 1. The fourth-order valence-corrected chi connectivity index (χ4v) is 5.96. The van der Waals surface area contributed by atoms with E-state index in [0.29, 0.717) is 85.4 Å². The van der Waals surface area contributed by atoms with Gasteiger partial charge in [-0.2, -0.15) is 5.10 Å². The number of nitrogens with two attached hydrogens (primary N) is 1. The Hall–Kier alpha value is -6.06. The number of H-pyrrole nitrogens is 1. The monoisotopic (exact) mass is 674 g/mol. The molecule has 0 unspecified atom stereocenters. The Morgan fingerprint density at radius 3 is 2.34 bits per heavy atom. The summed E-state index contributed by atoms with van der Waals surface area (Å²) in [7, 11) is 0. The maximum atomic E-state index is 12.8. The van der Waals surface area contributed by atoms with E-state index < -0.39 is 0 Å². The lowest BCUT2D eigenvalue weighted by molar-refractivity contribution is -0.118. The third-order valence-electron chi connectivity index (χ3n) is 8.84. The Balaban J connectivity index is 0.876. The number of nitrogens with one attached hydrogen (secondary N) is 2. The van der Waals surface area contributed by atoms with Gasteiger partial charge in [0.15, 0.2) is 5.65 Å². The first kappa shape index (κ1) is 32.5. The molecule has 4 N–H and O–H groups in total. The Bertz CT molecular complexity index is 2100. The molecule has 0 atom stereocenters. The Morgan fingerprint density at radius 2 is 1.62 bits per heavy atom. The summed E-state index contributed by atoms with van der Waals surface area (Å²) >= 11 is 0. The number of fused-ring (bicyclic) bond motifs is 2. The minimum atomic E-state index is -0.221. The number of unbranched alkanes of at least 4 members (excludes halogenated alkanes) is 1. The first-order valence-corrected chi connectivity index (χ1v) is 16.8. The topological polar surface area (TPSA) is 203 Å². The maximum absolute atomic E-state index is 12.8. The van der Waals surface area contributed by atoms with Crippen LogP contribution in [0.3, 0.4) is 0 Å². The number of carbonyl (C=O) groups is 2. The van der Waals surface area contributed by atoms with Gasteiger partial charge < -0.3 is 25.8 Å². The van der Waals surface area contributed by atoms with Crippen LogP contribution in [0.15, 0.2) is 55.6 Å². The number of Topliss-reactive ketones (excluding diaryl/α,β-unsaturated/α-hetero) is 1. The van der Waals surface area contributed by atoms with Crippen LogP contribution in [-0.4, -0.2) is 94.1 Å². The van der Waals surface area contributed by atoms with Gasteiger partial charge in [-0.25, -0.2) is 39.6 Å². The molecule has 7 rings (SSSR count). The molecule has 256 valence electrons. The highest BCUT2D eigenvalue weighted by Crippen LogP contribution is 2.31. The number of anilines is 3. The Labute approximate surface area is 287 Å². The van der Waals surface area contributed by atoms with E-state index in [1.807, 2.05) is 29.9 Å². The van der Waals surface area contributed by atoms with Crippen LogP contribution in [0.5, 0.6) is 0 Å². The van der Waals surface area contributed by atoms with E-state index in [1.54, 1.807) is 31.0 Å². The zero-order valence-corrected chi connectivity index (χ0v) is 27.8. The normalized spacial score (nSPS) is 13.3. The van der Waals surface area contributed by atoms with Crippen molar-refractivity contribution in [2.75, 3.05) is 48.3 Å². The van der Waals surface area contributed by atoms with Gasteiger partial charge in [0.25, 0.3) is 5.91 Å². The van der Waals surface area contributed by atoms with Crippen molar-refractivity contribution in [3.63, 3.8) is 0 Å². The van der Waals surface area contributed by atoms with Crippen molar-refractivity contribution in [1.29, 1.82) is 0 Å². The molecule has 16 heteroatoms. The molecule has 0 radical (unpaired) electrons. The number of ketones is 1. The third-order valence-corrected chi connectivity index (χ3v) is 8.84. The van der Waals surface area contributed by atoms with E-state index in [9.17, 15) is 9.59 Å². The number of hydrogen-bond acceptors (Lipinski definition) is 13. The lowest BCUT2D eigenvalue weighted by Gasteiger charge is -2.34. The van der Waals surface area contributed by atoms with Crippen LogP contribution >= 0.6 is 0 Å². The minimum absolute atomic E-state index is 0.221. The second kappa shape index (κ2) is 14.6. The number of pyridine rings is 1. The molecule has 6 aromatic rings. The molecule has 0 saturated carbocycles. The van der Waals surface area contributed by atoms with Crippen molar-refractivity contribution in [2.45, 2.75) is 45.6 Å². The molecule has 1 aliphatic rings. The molecule has 0 bridgehead atoms. The number of aromatic amines is 1. The molecule has 7 heterocycles. The number of piperazine rings is 1. The number of nitrogens with zero attached hydrogens (tertiary/aromatic N) is 11. The zero-order chi connectivity index (χ0) is 34.5. The van der Waals surface area contributed by atoms with E-state index in [0.717, 1.165) is 48.1 Å². The second-order valence-electron chi connectivity index (χ2n) is 12.2. The molecular formula is C34H38N14O2. The van der Waals surface area contributed by atoms with Crippen molar-refractivity contribution in [3.05, 3.63) is 66.8 Å². The van der Waals surface area contributed by atoms with E-state index in [4.69, 9.17) is 10.8 Å². The fourth-order valence-electron chi connectivity index (χ4n) is 5.96. The summed E-state index contributed by atoms with van der Waals surface area (Å²) in [6.45, 7) is 5.79. The summed E-state index contributed by atoms with van der Waals surface area (Å²) in [5.74, 6) is 1.64. The fraction of sp³-hybridized carbons (Fsp3) is 0.353. The summed E-state index contributed by atoms with van der Waals surface area (Å²) in [5.41, 5.74) is 10.6. The van der Waals surface area contributed by atoms with Crippen molar-refractivity contribution in [3.8, 4) is 11.3 Å². The van der Waals surface area contributed by atoms with Gasteiger partial charge in [-0.1, -0.05) is 6.92 Å². The second-order valence-corrected chi connectivity index (χ2v) is 12.2. The van der Waals surface area contributed by atoms with Crippen LogP contribution in [0, 0.1) is 0 Å². The van der Waals surface area contributed by atoms with Crippen molar-refractivity contribution >= 4 is 51.5 Å². The highest BCUT2D eigenvalue weighted by Gasteiger charge is 2.22. The molecule has 1 saturated heterocycles. The average Bonchev–Trinajstić information content (AvgIpc) is 3.79. The molecule has 6 aromatic heterocycles. The minimum Gasteiger partial charge on any atom is -0.383 e. The first-order chi connectivity index (χ1) is 24.5. The summed E-state index contributed by atoms with van der Waals surface area (Å²) in [6, 6.07) is 3.97. The number of aryl methyl sites for hydroxylation is 2. The summed E-state index contributed by atoms with van der Waals surface area (Å²) in [4.78, 5) is 62.8. The summed E-state index contributed by atoms with van der Waals surface area (Å²) in [5, 5.41) is 9.47.